The van der Waals surface area contributed by atoms with Crippen LogP contribution in [0.3, 0.4) is 0 Å². The molecule has 0 atom stereocenters. The van der Waals surface area contributed by atoms with Gasteiger partial charge in [-0.25, -0.2) is 18.6 Å². The Bertz CT molecular complexity index is 926. The first-order chi connectivity index (χ1) is 10.9. The number of H-pyrrole nitrogens is 1. The number of nitrogens with one attached hydrogen (secondary N) is 1. The van der Waals surface area contributed by atoms with E-state index in [1.807, 2.05) is 0 Å². The highest BCUT2D eigenvalue weighted by molar-refractivity contribution is 5.93. The standard InChI is InChI=1S/C8H5FN2O.C7H6FNO2.CH3/c9-5-1-2-6-7(3-5)10-4-11-8(6)12;8-4-1-2-5(7(10)11)6(9)3-4;/h1-4H,(H,10,11,12);1-3H,9H2,(H,10,11);1H3/q;;-1. The normalized spacial score (nSPS) is 9.58. The molecule has 0 saturated heterocycles. The van der Waals surface area contributed by atoms with Gasteiger partial charge in [0, 0.05) is 11.8 Å². The van der Waals surface area contributed by atoms with Gasteiger partial charge in [0.05, 0.1) is 22.8 Å². The fraction of sp³-hybridized carbons (Fsp3) is 0. The zero-order valence-electron chi connectivity index (χ0n) is 12.6. The first-order valence-corrected chi connectivity index (χ1v) is 6.30. The van der Waals surface area contributed by atoms with Crippen LogP contribution in [0.4, 0.5) is 14.5 Å². The maximum Gasteiger partial charge on any atom is 0.337 e. The number of nitrogen functional groups attached to an aromatic ring is 1. The van der Waals surface area contributed by atoms with Crippen molar-refractivity contribution in [3.8, 4) is 0 Å². The molecule has 3 aromatic rings. The summed E-state index contributed by atoms with van der Waals surface area (Å²) in [5, 5.41) is 8.86. The Hall–Kier alpha value is -3.29. The lowest BCUT2D eigenvalue weighted by molar-refractivity contribution is 0.0698. The van der Waals surface area contributed by atoms with Gasteiger partial charge in [0.1, 0.15) is 11.6 Å². The summed E-state index contributed by atoms with van der Waals surface area (Å²) < 4.78 is 25.0. The van der Waals surface area contributed by atoms with Gasteiger partial charge in [-0.1, -0.05) is 0 Å². The van der Waals surface area contributed by atoms with Gasteiger partial charge in [0.25, 0.3) is 5.56 Å². The highest BCUT2D eigenvalue weighted by Crippen LogP contribution is 2.12. The number of aromatic nitrogens is 2. The van der Waals surface area contributed by atoms with E-state index in [1.165, 1.54) is 24.5 Å². The van der Waals surface area contributed by atoms with Gasteiger partial charge >= 0.3 is 5.97 Å². The van der Waals surface area contributed by atoms with Crippen LogP contribution in [-0.4, -0.2) is 21.0 Å². The van der Waals surface area contributed by atoms with E-state index in [1.54, 1.807) is 0 Å². The maximum absolute atomic E-state index is 12.6. The number of hydrogen-bond acceptors (Lipinski definition) is 4. The molecule has 1 aromatic heterocycles. The Kier molecular flexibility index (Phi) is 6.11. The molecule has 0 bridgehead atoms. The fourth-order valence-corrected chi connectivity index (χ4v) is 1.77. The van der Waals surface area contributed by atoms with Crippen molar-refractivity contribution in [2.45, 2.75) is 0 Å². The summed E-state index contributed by atoms with van der Waals surface area (Å²) in [6.07, 6.45) is 1.25. The minimum Gasteiger partial charge on any atom is -0.478 e. The van der Waals surface area contributed by atoms with Gasteiger partial charge in [-0.15, -0.1) is 0 Å². The van der Waals surface area contributed by atoms with Crippen molar-refractivity contribution in [1.29, 1.82) is 0 Å². The van der Waals surface area contributed by atoms with Crippen LogP contribution in [0.25, 0.3) is 10.9 Å². The zero-order chi connectivity index (χ0) is 17.0. The van der Waals surface area contributed by atoms with Crippen molar-refractivity contribution < 1.29 is 18.7 Å². The summed E-state index contributed by atoms with van der Waals surface area (Å²) in [6.45, 7) is 0. The van der Waals surface area contributed by atoms with Crippen LogP contribution in [-0.2, 0) is 0 Å². The molecule has 2 aromatic carbocycles. The third kappa shape index (κ3) is 4.35. The van der Waals surface area contributed by atoms with E-state index < -0.39 is 11.8 Å². The minimum absolute atomic E-state index is 0. The molecule has 0 spiro atoms. The van der Waals surface area contributed by atoms with Crippen LogP contribution in [0, 0.1) is 19.1 Å². The molecule has 0 aliphatic rings. The second-order valence-electron chi connectivity index (χ2n) is 4.43. The van der Waals surface area contributed by atoms with Crippen molar-refractivity contribution in [1.82, 2.24) is 9.97 Å². The predicted octanol–water partition coefficient (Wildman–Crippen LogP) is 2.62. The molecule has 0 unspecified atom stereocenters. The van der Waals surface area contributed by atoms with Crippen LogP contribution in [0.15, 0.2) is 47.5 Å². The van der Waals surface area contributed by atoms with Crippen LogP contribution in [0.5, 0.6) is 0 Å². The van der Waals surface area contributed by atoms with E-state index in [9.17, 15) is 18.4 Å². The van der Waals surface area contributed by atoms with Crippen molar-refractivity contribution in [2.24, 2.45) is 0 Å². The van der Waals surface area contributed by atoms with Crippen LogP contribution in [0.1, 0.15) is 10.4 Å². The van der Waals surface area contributed by atoms with Gasteiger partial charge in [0.15, 0.2) is 0 Å². The molecule has 0 saturated carbocycles. The number of nitrogens with zero attached hydrogens (tertiary/aromatic N) is 1. The summed E-state index contributed by atoms with van der Waals surface area (Å²) in [6, 6.07) is 7.04. The summed E-state index contributed by atoms with van der Waals surface area (Å²) in [5.41, 5.74) is 5.19. The average Bonchev–Trinajstić information content (AvgIpc) is 2.47. The van der Waals surface area contributed by atoms with E-state index in [2.05, 4.69) is 9.97 Å². The second kappa shape index (κ2) is 7.82. The van der Waals surface area contributed by atoms with Gasteiger partial charge in [-0.3, -0.25) is 4.79 Å². The first kappa shape index (κ1) is 18.8. The first-order valence-electron chi connectivity index (χ1n) is 6.30. The monoisotopic (exact) mass is 334 g/mol. The average molecular weight is 334 g/mol. The number of hydrogen-bond donors (Lipinski definition) is 3. The molecule has 0 fully saturated rings. The third-order valence-corrected chi connectivity index (χ3v) is 2.85. The fourth-order valence-electron chi connectivity index (χ4n) is 1.77. The predicted molar refractivity (Wildman–Crippen MR) is 86.5 cm³/mol. The number of aromatic carboxylic acids is 1. The minimum atomic E-state index is -1.15. The summed E-state index contributed by atoms with van der Waals surface area (Å²) in [5.74, 6) is -2.07. The molecule has 1 heterocycles. The van der Waals surface area contributed by atoms with Crippen molar-refractivity contribution in [3.63, 3.8) is 0 Å². The smallest absolute Gasteiger partial charge is 0.337 e. The van der Waals surface area contributed by atoms with Crippen molar-refractivity contribution in [3.05, 3.63) is 77.7 Å². The van der Waals surface area contributed by atoms with Crippen LogP contribution >= 0.6 is 0 Å². The number of carboxylic acids is 1. The summed E-state index contributed by atoms with van der Waals surface area (Å²) in [4.78, 5) is 27.6. The molecule has 6 nitrogen and oxygen atoms in total. The highest BCUT2D eigenvalue weighted by atomic mass is 19.1. The number of benzene rings is 2. The quantitative estimate of drug-likeness (QED) is 0.468. The number of halogens is 2. The number of carbonyl (C=O) groups is 1. The molecular formula is C16H14F2N3O3-. The molecule has 4 N–H and O–H groups in total. The molecule has 24 heavy (non-hydrogen) atoms. The van der Waals surface area contributed by atoms with E-state index in [0.717, 1.165) is 18.2 Å². The van der Waals surface area contributed by atoms with Gasteiger partial charge < -0.3 is 23.3 Å². The Morgan fingerprint density at radius 2 is 1.75 bits per heavy atom. The summed E-state index contributed by atoms with van der Waals surface area (Å²) >= 11 is 0. The number of carboxylic acid groups (broad SMARTS) is 1. The van der Waals surface area contributed by atoms with E-state index >= 15 is 0 Å². The van der Waals surface area contributed by atoms with E-state index in [-0.39, 0.29) is 30.1 Å². The number of fused-ring (bicyclic) bond motifs is 1. The number of rotatable bonds is 1. The van der Waals surface area contributed by atoms with Gasteiger partial charge in [-0.05, 0) is 30.3 Å². The largest absolute Gasteiger partial charge is 0.478 e. The highest BCUT2D eigenvalue weighted by Gasteiger charge is 2.06. The van der Waals surface area contributed by atoms with Gasteiger partial charge in [-0.2, -0.15) is 0 Å². The Morgan fingerprint density at radius 3 is 2.38 bits per heavy atom. The molecule has 126 valence electrons. The van der Waals surface area contributed by atoms with Gasteiger partial charge in [0.2, 0.25) is 0 Å². The molecule has 0 amide bonds. The number of aromatic amines is 1. The molecular weight excluding hydrogens is 320 g/mol. The molecule has 0 radical (unpaired) electrons. The molecule has 0 aliphatic carbocycles. The molecule has 8 heteroatoms. The molecule has 0 aliphatic heterocycles. The SMILES string of the molecule is Nc1cc(F)ccc1C(=O)O.O=c1[nH]cnc2cc(F)ccc12.[CH3-]. The van der Waals surface area contributed by atoms with Crippen molar-refractivity contribution in [2.75, 3.05) is 5.73 Å². The lowest BCUT2D eigenvalue weighted by atomic mass is 10.2. The lowest BCUT2D eigenvalue weighted by Crippen LogP contribution is -2.05. The molecule has 3 rings (SSSR count). The second-order valence-corrected chi connectivity index (χ2v) is 4.43. The summed E-state index contributed by atoms with van der Waals surface area (Å²) in [7, 11) is 0. The number of nitrogens with two attached hydrogens (primary N) is 1. The Morgan fingerprint density at radius 1 is 1.12 bits per heavy atom. The number of anilines is 1. The lowest BCUT2D eigenvalue weighted by Gasteiger charge is -1.98. The Balaban J connectivity index is 0.000000232. The van der Waals surface area contributed by atoms with Crippen LogP contribution < -0.4 is 11.3 Å². The van der Waals surface area contributed by atoms with Crippen LogP contribution in [0.2, 0.25) is 0 Å². The maximum atomic E-state index is 12.6. The van der Waals surface area contributed by atoms with E-state index in [4.69, 9.17) is 10.8 Å². The third-order valence-electron chi connectivity index (χ3n) is 2.85. The zero-order valence-corrected chi connectivity index (χ0v) is 12.6. The van der Waals surface area contributed by atoms with E-state index in [0.29, 0.717) is 10.9 Å². The van der Waals surface area contributed by atoms with Crippen molar-refractivity contribution >= 4 is 22.6 Å². The Labute approximate surface area is 135 Å². The topological polar surface area (TPSA) is 109 Å².